The van der Waals surface area contributed by atoms with Crippen LogP contribution in [0, 0.1) is 0 Å². The zero-order chi connectivity index (χ0) is 18.6. The third-order valence-electron chi connectivity index (χ3n) is 4.65. The Kier molecular flexibility index (Phi) is 3.93. The number of hydrogen-bond donors (Lipinski definition) is 4. The van der Waals surface area contributed by atoms with Crippen LogP contribution < -0.4 is 0 Å². The van der Waals surface area contributed by atoms with Crippen LogP contribution >= 0.6 is 0 Å². The van der Waals surface area contributed by atoms with E-state index in [0.717, 1.165) is 4.68 Å². The van der Waals surface area contributed by atoms with Gasteiger partial charge in [-0.1, -0.05) is 29.5 Å². The first-order valence-electron chi connectivity index (χ1n) is 7.89. The van der Waals surface area contributed by atoms with Crippen molar-refractivity contribution in [3.05, 3.63) is 46.8 Å². The van der Waals surface area contributed by atoms with E-state index in [0.29, 0.717) is 0 Å². The van der Waals surface area contributed by atoms with Gasteiger partial charge in [0, 0.05) is 11.1 Å². The smallest absolute Gasteiger partial charge is 0.216 e. The Morgan fingerprint density at radius 3 is 2.31 bits per heavy atom. The molecule has 1 aromatic carbocycles. The first-order valence-corrected chi connectivity index (χ1v) is 7.89. The monoisotopic (exact) mass is 361 g/mol. The van der Waals surface area contributed by atoms with E-state index in [2.05, 4.69) is 10.3 Å². The fourth-order valence-corrected chi connectivity index (χ4v) is 3.25. The molecule has 4 rings (SSSR count). The molecule has 0 bridgehead atoms. The molecule has 5 atom stereocenters. The van der Waals surface area contributed by atoms with Gasteiger partial charge in [-0.15, -0.1) is 5.10 Å². The average molecular weight is 361 g/mol. The summed E-state index contributed by atoms with van der Waals surface area (Å²) >= 11 is 0. The van der Waals surface area contributed by atoms with Crippen LogP contribution in [0.15, 0.2) is 24.3 Å². The van der Waals surface area contributed by atoms with Gasteiger partial charge in [0.05, 0.1) is 6.61 Å². The van der Waals surface area contributed by atoms with Crippen molar-refractivity contribution in [2.75, 3.05) is 6.61 Å². The number of carbonyl (C=O) groups is 2. The molecule has 10 heteroatoms. The highest BCUT2D eigenvalue weighted by Crippen LogP contribution is 2.32. The number of benzene rings is 1. The lowest BCUT2D eigenvalue weighted by Crippen LogP contribution is -2.57. The molecule has 1 aliphatic carbocycles. The van der Waals surface area contributed by atoms with Gasteiger partial charge in [0.15, 0.2) is 11.9 Å². The van der Waals surface area contributed by atoms with Crippen LogP contribution in [0.2, 0.25) is 0 Å². The Balaban J connectivity index is 1.80. The summed E-state index contributed by atoms with van der Waals surface area (Å²) in [6.07, 6.45) is -7.45. The van der Waals surface area contributed by atoms with Crippen molar-refractivity contribution in [2.45, 2.75) is 30.6 Å². The lowest BCUT2D eigenvalue weighted by Gasteiger charge is -2.40. The fraction of sp³-hybridized carbons (Fsp3) is 0.375. The average Bonchev–Trinajstić information content (AvgIpc) is 3.10. The van der Waals surface area contributed by atoms with Gasteiger partial charge in [-0.3, -0.25) is 9.59 Å². The van der Waals surface area contributed by atoms with Crippen molar-refractivity contribution in [3.63, 3.8) is 0 Å². The van der Waals surface area contributed by atoms with Crippen LogP contribution in [0.3, 0.4) is 0 Å². The minimum atomic E-state index is -1.65. The van der Waals surface area contributed by atoms with Gasteiger partial charge >= 0.3 is 0 Å². The summed E-state index contributed by atoms with van der Waals surface area (Å²) in [7, 11) is 0. The van der Waals surface area contributed by atoms with Crippen LogP contribution in [-0.2, 0) is 4.74 Å². The summed E-state index contributed by atoms with van der Waals surface area (Å²) in [5.41, 5.74) is -0.00677. The molecule has 0 saturated carbocycles. The summed E-state index contributed by atoms with van der Waals surface area (Å²) < 4.78 is 6.31. The van der Waals surface area contributed by atoms with Crippen molar-refractivity contribution in [3.8, 4) is 0 Å². The summed E-state index contributed by atoms with van der Waals surface area (Å²) in [4.78, 5) is 25.4. The molecule has 0 unspecified atom stereocenters. The van der Waals surface area contributed by atoms with E-state index >= 15 is 0 Å². The SMILES string of the molecule is O=C1c2ccccc2C(=O)c2c1nnn2[C@@H]1O[C@H](CO)[C@@H](O)[C@H](O)[C@H]1O. The van der Waals surface area contributed by atoms with Gasteiger partial charge in [-0.25, -0.2) is 4.68 Å². The van der Waals surface area contributed by atoms with Crippen molar-refractivity contribution < 1.29 is 34.8 Å². The number of aliphatic hydroxyl groups is 4. The molecule has 1 saturated heterocycles. The summed E-state index contributed by atoms with van der Waals surface area (Å²) in [5.74, 6) is -1.02. The highest BCUT2D eigenvalue weighted by molar-refractivity contribution is 6.26. The molecule has 26 heavy (non-hydrogen) atoms. The highest BCUT2D eigenvalue weighted by Gasteiger charge is 2.47. The number of carbonyl (C=O) groups excluding carboxylic acids is 2. The molecule has 1 fully saturated rings. The van der Waals surface area contributed by atoms with E-state index in [4.69, 9.17) is 4.74 Å². The lowest BCUT2D eigenvalue weighted by atomic mass is 9.90. The molecule has 136 valence electrons. The first-order chi connectivity index (χ1) is 12.5. The maximum Gasteiger partial charge on any atom is 0.216 e. The zero-order valence-electron chi connectivity index (χ0n) is 13.3. The molecular formula is C16H15N3O7. The predicted octanol–water partition coefficient (Wildman–Crippen LogP) is -1.97. The number of fused-ring (bicyclic) bond motifs is 2. The number of rotatable bonds is 2. The van der Waals surface area contributed by atoms with Gasteiger partial charge < -0.3 is 25.2 Å². The summed E-state index contributed by atoms with van der Waals surface area (Å²) in [5, 5.41) is 46.8. The molecule has 0 spiro atoms. The van der Waals surface area contributed by atoms with E-state index in [9.17, 15) is 30.0 Å². The minimum absolute atomic E-state index is 0.165. The number of ether oxygens (including phenoxy) is 1. The number of ketones is 2. The number of hydrogen-bond acceptors (Lipinski definition) is 9. The van der Waals surface area contributed by atoms with Crippen LogP contribution in [0.5, 0.6) is 0 Å². The fourth-order valence-electron chi connectivity index (χ4n) is 3.25. The van der Waals surface area contributed by atoms with E-state index < -0.39 is 48.8 Å². The number of aromatic nitrogens is 3. The zero-order valence-corrected chi connectivity index (χ0v) is 13.3. The van der Waals surface area contributed by atoms with Crippen LogP contribution in [0.4, 0.5) is 0 Å². The standard InChI is InChI=1S/C16H15N3O7/c20-5-8-13(23)14(24)15(25)16(26-8)19-10-9(17-18-19)11(21)6-3-1-2-4-7(6)12(10)22/h1-4,8,13-16,20,23-25H,5H2/t8-,13-,14+,15-,16-/m1/s1. The van der Waals surface area contributed by atoms with Crippen molar-refractivity contribution in [2.24, 2.45) is 0 Å². The van der Waals surface area contributed by atoms with E-state index in [1.54, 1.807) is 12.1 Å². The second-order valence-corrected chi connectivity index (χ2v) is 6.15. The molecule has 0 radical (unpaired) electrons. The van der Waals surface area contributed by atoms with Gasteiger partial charge in [0.2, 0.25) is 11.6 Å². The van der Waals surface area contributed by atoms with E-state index in [1.165, 1.54) is 12.1 Å². The van der Waals surface area contributed by atoms with Crippen LogP contribution in [0.25, 0.3) is 0 Å². The molecule has 0 amide bonds. The number of aliphatic hydroxyl groups excluding tert-OH is 4. The Hall–Kier alpha value is -2.50. The molecule has 2 heterocycles. The lowest BCUT2D eigenvalue weighted by molar-refractivity contribution is -0.254. The van der Waals surface area contributed by atoms with Crippen LogP contribution in [-0.4, -0.2) is 78.0 Å². The largest absolute Gasteiger partial charge is 0.394 e. The molecule has 1 aliphatic heterocycles. The Labute approximate surface area is 146 Å². The quantitative estimate of drug-likeness (QED) is 0.406. The topological polar surface area (TPSA) is 155 Å². The molecule has 2 aromatic rings. The third kappa shape index (κ3) is 2.24. The Morgan fingerprint density at radius 2 is 1.65 bits per heavy atom. The van der Waals surface area contributed by atoms with Crippen LogP contribution in [0.1, 0.15) is 38.3 Å². The summed E-state index contributed by atoms with van der Waals surface area (Å²) in [6, 6.07) is 6.22. The Morgan fingerprint density at radius 1 is 1.00 bits per heavy atom. The van der Waals surface area contributed by atoms with Crippen molar-refractivity contribution in [1.82, 2.24) is 15.0 Å². The van der Waals surface area contributed by atoms with Gasteiger partial charge in [0.1, 0.15) is 30.1 Å². The second kappa shape index (κ2) is 6.04. The van der Waals surface area contributed by atoms with E-state index in [-0.39, 0.29) is 22.5 Å². The molecule has 1 aromatic heterocycles. The molecular weight excluding hydrogens is 346 g/mol. The normalized spacial score (nSPS) is 30.8. The van der Waals surface area contributed by atoms with Crippen molar-refractivity contribution >= 4 is 11.6 Å². The molecule has 4 N–H and O–H groups in total. The maximum atomic E-state index is 12.8. The van der Waals surface area contributed by atoms with E-state index in [1.807, 2.05) is 0 Å². The molecule has 2 aliphatic rings. The third-order valence-corrected chi connectivity index (χ3v) is 4.65. The van der Waals surface area contributed by atoms with Gasteiger partial charge in [-0.2, -0.15) is 0 Å². The predicted molar refractivity (Wildman–Crippen MR) is 82.3 cm³/mol. The second-order valence-electron chi connectivity index (χ2n) is 6.15. The minimum Gasteiger partial charge on any atom is -0.394 e. The van der Waals surface area contributed by atoms with Gasteiger partial charge in [-0.05, 0) is 0 Å². The van der Waals surface area contributed by atoms with Gasteiger partial charge in [0.25, 0.3) is 0 Å². The molecule has 10 nitrogen and oxygen atoms in total. The summed E-state index contributed by atoms with van der Waals surface area (Å²) in [6.45, 7) is -0.631. The first kappa shape index (κ1) is 16.9. The highest BCUT2D eigenvalue weighted by atomic mass is 16.6. The van der Waals surface area contributed by atoms with Crippen molar-refractivity contribution in [1.29, 1.82) is 0 Å². The number of nitrogens with zero attached hydrogens (tertiary/aromatic N) is 3. The Bertz CT molecular complexity index is 894. The maximum absolute atomic E-state index is 12.8.